The maximum absolute atomic E-state index is 11.4. The maximum atomic E-state index is 11.4. The number of nitrogens with zero attached hydrogens (tertiary/aromatic N) is 1. The Morgan fingerprint density at radius 3 is 2.50 bits per heavy atom. The van der Waals surface area contributed by atoms with Crippen molar-refractivity contribution in [1.29, 1.82) is 0 Å². The number of fused-ring (bicyclic) bond motifs is 1. The SMILES string of the molecule is Cc1cc(C)c2nc(C(=O)O)cc(-c3ccccc3Cl)c2c1. The Kier molecular flexibility index (Phi) is 3.59. The van der Waals surface area contributed by atoms with Crippen molar-refractivity contribution in [1.82, 2.24) is 4.98 Å². The van der Waals surface area contributed by atoms with Crippen LogP contribution in [0.25, 0.3) is 22.0 Å². The van der Waals surface area contributed by atoms with Crippen LogP contribution in [-0.4, -0.2) is 16.1 Å². The van der Waals surface area contributed by atoms with Gasteiger partial charge in [0.15, 0.2) is 0 Å². The number of carboxylic acids is 1. The van der Waals surface area contributed by atoms with Gasteiger partial charge in [0, 0.05) is 16.0 Å². The number of aromatic carboxylic acids is 1. The van der Waals surface area contributed by atoms with Crippen LogP contribution < -0.4 is 0 Å². The van der Waals surface area contributed by atoms with E-state index >= 15 is 0 Å². The Bertz CT molecular complexity index is 903. The second kappa shape index (κ2) is 5.43. The molecule has 0 amide bonds. The van der Waals surface area contributed by atoms with Crippen LogP contribution in [0.5, 0.6) is 0 Å². The van der Waals surface area contributed by atoms with Crippen molar-refractivity contribution in [3.05, 3.63) is 64.3 Å². The molecule has 0 saturated heterocycles. The molecule has 1 aromatic heterocycles. The first-order valence-electron chi connectivity index (χ1n) is 6.87. The van der Waals surface area contributed by atoms with Crippen LogP contribution in [0, 0.1) is 13.8 Å². The number of benzene rings is 2. The fourth-order valence-electron chi connectivity index (χ4n) is 2.69. The fraction of sp³-hybridized carbons (Fsp3) is 0.111. The van der Waals surface area contributed by atoms with Gasteiger partial charge in [0.2, 0.25) is 0 Å². The van der Waals surface area contributed by atoms with Gasteiger partial charge < -0.3 is 5.11 Å². The van der Waals surface area contributed by atoms with Gasteiger partial charge in [-0.3, -0.25) is 0 Å². The summed E-state index contributed by atoms with van der Waals surface area (Å²) in [6, 6.07) is 13.0. The molecule has 0 fully saturated rings. The van der Waals surface area contributed by atoms with Gasteiger partial charge >= 0.3 is 5.97 Å². The quantitative estimate of drug-likeness (QED) is 0.734. The lowest BCUT2D eigenvalue weighted by Crippen LogP contribution is -2.02. The fourth-order valence-corrected chi connectivity index (χ4v) is 2.93. The molecule has 1 heterocycles. The predicted octanol–water partition coefficient (Wildman–Crippen LogP) is 4.87. The number of aromatic nitrogens is 1. The van der Waals surface area contributed by atoms with Crippen LogP contribution in [0.1, 0.15) is 21.6 Å². The first kappa shape index (κ1) is 14.5. The molecule has 0 bridgehead atoms. The molecule has 0 atom stereocenters. The summed E-state index contributed by atoms with van der Waals surface area (Å²) >= 11 is 6.30. The summed E-state index contributed by atoms with van der Waals surface area (Å²) in [6.07, 6.45) is 0. The summed E-state index contributed by atoms with van der Waals surface area (Å²) in [7, 11) is 0. The van der Waals surface area contributed by atoms with Crippen LogP contribution in [0.15, 0.2) is 42.5 Å². The van der Waals surface area contributed by atoms with E-state index in [-0.39, 0.29) is 5.69 Å². The van der Waals surface area contributed by atoms with Gasteiger partial charge in [0.05, 0.1) is 5.52 Å². The zero-order chi connectivity index (χ0) is 15.9. The summed E-state index contributed by atoms with van der Waals surface area (Å²) in [5.41, 5.74) is 4.37. The molecule has 3 aromatic rings. The number of aryl methyl sites for hydroxylation is 2. The second-order valence-electron chi connectivity index (χ2n) is 5.32. The summed E-state index contributed by atoms with van der Waals surface area (Å²) in [4.78, 5) is 15.7. The second-order valence-corrected chi connectivity index (χ2v) is 5.73. The Labute approximate surface area is 133 Å². The average Bonchev–Trinajstić information content (AvgIpc) is 2.47. The minimum absolute atomic E-state index is 0.0226. The number of halogens is 1. The minimum atomic E-state index is -1.05. The van der Waals surface area contributed by atoms with Gasteiger partial charge in [0.25, 0.3) is 0 Å². The highest BCUT2D eigenvalue weighted by molar-refractivity contribution is 6.33. The summed E-state index contributed by atoms with van der Waals surface area (Å²) in [6.45, 7) is 3.94. The first-order chi connectivity index (χ1) is 10.5. The average molecular weight is 312 g/mol. The van der Waals surface area contributed by atoms with Gasteiger partial charge in [-0.1, -0.05) is 41.4 Å². The van der Waals surface area contributed by atoms with Crippen molar-refractivity contribution in [2.75, 3.05) is 0 Å². The molecule has 2 aromatic carbocycles. The standard InChI is InChI=1S/C18H14ClNO2/c1-10-7-11(2)17-14(8-10)13(9-16(20-17)18(21)22)12-5-3-4-6-15(12)19/h3-9H,1-2H3,(H,21,22). The molecule has 0 aliphatic heterocycles. The number of rotatable bonds is 2. The van der Waals surface area contributed by atoms with E-state index in [1.54, 1.807) is 12.1 Å². The van der Waals surface area contributed by atoms with Crippen LogP contribution in [0.2, 0.25) is 5.02 Å². The van der Waals surface area contributed by atoms with Crippen LogP contribution >= 0.6 is 11.6 Å². The topological polar surface area (TPSA) is 50.2 Å². The van der Waals surface area contributed by atoms with E-state index in [0.717, 1.165) is 27.6 Å². The maximum Gasteiger partial charge on any atom is 0.354 e. The Morgan fingerprint density at radius 2 is 1.82 bits per heavy atom. The lowest BCUT2D eigenvalue weighted by molar-refractivity contribution is 0.0691. The van der Waals surface area contributed by atoms with Crippen molar-refractivity contribution in [2.24, 2.45) is 0 Å². The van der Waals surface area contributed by atoms with Crippen molar-refractivity contribution in [3.63, 3.8) is 0 Å². The highest BCUT2D eigenvalue weighted by Gasteiger charge is 2.15. The third-order valence-corrected chi connectivity index (χ3v) is 3.96. The molecule has 0 saturated carbocycles. The molecule has 0 aliphatic carbocycles. The largest absolute Gasteiger partial charge is 0.477 e. The van der Waals surface area contributed by atoms with E-state index in [1.807, 2.05) is 44.2 Å². The van der Waals surface area contributed by atoms with Gasteiger partial charge in [-0.15, -0.1) is 0 Å². The van der Waals surface area contributed by atoms with Crippen molar-refractivity contribution in [2.45, 2.75) is 13.8 Å². The van der Waals surface area contributed by atoms with Crippen LogP contribution in [0.3, 0.4) is 0 Å². The summed E-state index contributed by atoms with van der Waals surface area (Å²) in [5.74, 6) is -1.05. The van der Waals surface area contributed by atoms with Crippen molar-refractivity contribution >= 4 is 28.5 Å². The van der Waals surface area contributed by atoms with Crippen LogP contribution in [-0.2, 0) is 0 Å². The molecule has 1 N–H and O–H groups in total. The molecule has 3 rings (SSSR count). The normalized spacial score (nSPS) is 10.9. The van der Waals surface area contributed by atoms with Gasteiger partial charge in [-0.25, -0.2) is 9.78 Å². The molecular weight excluding hydrogens is 298 g/mol. The molecule has 0 unspecified atom stereocenters. The molecule has 22 heavy (non-hydrogen) atoms. The highest BCUT2D eigenvalue weighted by atomic mass is 35.5. The minimum Gasteiger partial charge on any atom is -0.477 e. The van der Waals surface area contributed by atoms with E-state index in [0.29, 0.717) is 10.5 Å². The number of hydrogen-bond acceptors (Lipinski definition) is 2. The molecule has 0 radical (unpaired) electrons. The van der Waals surface area contributed by atoms with Gasteiger partial charge in [-0.2, -0.15) is 0 Å². The van der Waals surface area contributed by atoms with Gasteiger partial charge in [0.1, 0.15) is 5.69 Å². The van der Waals surface area contributed by atoms with E-state index in [1.165, 1.54) is 0 Å². The highest BCUT2D eigenvalue weighted by Crippen LogP contribution is 2.35. The number of carboxylic acid groups (broad SMARTS) is 1. The lowest BCUT2D eigenvalue weighted by Gasteiger charge is -2.12. The van der Waals surface area contributed by atoms with Gasteiger partial charge in [-0.05, 0) is 43.2 Å². The molecule has 110 valence electrons. The summed E-state index contributed by atoms with van der Waals surface area (Å²) in [5, 5.41) is 10.8. The Balaban J connectivity index is 2.46. The number of pyridine rings is 1. The third kappa shape index (κ3) is 2.44. The van der Waals surface area contributed by atoms with E-state index < -0.39 is 5.97 Å². The molecular formula is C18H14ClNO2. The van der Waals surface area contributed by atoms with E-state index in [4.69, 9.17) is 11.6 Å². The van der Waals surface area contributed by atoms with Crippen molar-refractivity contribution in [3.8, 4) is 11.1 Å². The van der Waals surface area contributed by atoms with Crippen LogP contribution in [0.4, 0.5) is 0 Å². The molecule has 0 spiro atoms. The number of carbonyl (C=O) groups is 1. The Morgan fingerprint density at radius 1 is 1.09 bits per heavy atom. The van der Waals surface area contributed by atoms with E-state index in [9.17, 15) is 9.90 Å². The molecule has 3 nitrogen and oxygen atoms in total. The first-order valence-corrected chi connectivity index (χ1v) is 7.25. The monoisotopic (exact) mass is 311 g/mol. The summed E-state index contributed by atoms with van der Waals surface area (Å²) < 4.78 is 0. The zero-order valence-electron chi connectivity index (χ0n) is 12.2. The van der Waals surface area contributed by atoms with E-state index in [2.05, 4.69) is 4.98 Å². The lowest BCUT2D eigenvalue weighted by atomic mass is 9.96. The molecule has 4 heteroatoms. The Hall–Kier alpha value is -2.39. The smallest absolute Gasteiger partial charge is 0.354 e. The third-order valence-electron chi connectivity index (χ3n) is 3.63. The molecule has 0 aliphatic rings. The zero-order valence-corrected chi connectivity index (χ0v) is 13.0. The number of hydrogen-bond donors (Lipinski definition) is 1. The van der Waals surface area contributed by atoms with Crippen molar-refractivity contribution < 1.29 is 9.90 Å². The predicted molar refractivity (Wildman–Crippen MR) is 88.6 cm³/mol.